The van der Waals surface area contributed by atoms with E-state index in [1.807, 2.05) is 24.3 Å². The van der Waals surface area contributed by atoms with Crippen LogP contribution in [0.25, 0.3) is 11.0 Å². The molecule has 7 nitrogen and oxygen atoms in total. The molecule has 0 radical (unpaired) electrons. The van der Waals surface area contributed by atoms with Gasteiger partial charge in [0, 0.05) is 5.69 Å². The zero-order valence-corrected chi connectivity index (χ0v) is 14.9. The van der Waals surface area contributed by atoms with E-state index in [1.165, 1.54) is 30.9 Å². The summed E-state index contributed by atoms with van der Waals surface area (Å²) in [5, 5.41) is 3.40. The Morgan fingerprint density at radius 2 is 1.88 bits per heavy atom. The molecule has 0 aliphatic carbocycles. The van der Waals surface area contributed by atoms with Crippen molar-refractivity contribution in [2.75, 3.05) is 18.1 Å². The number of para-hydroxylation sites is 2. The Labute approximate surface area is 149 Å². The van der Waals surface area contributed by atoms with Gasteiger partial charge in [0.15, 0.2) is 5.16 Å². The van der Waals surface area contributed by atoms with Gasteiger partial charge in [0.1, 0.15) is 0 Å². The van der Waals surface area contributed by atoms with Crippen molar-refractivity contribution in [1.82, 2.24) is 14.7 Å². The number of thioether (sulfide) groups is 1. The molecule has 3 rings (SSSR count). The highest BCUT2D eigenvalue weighted by Crippen LogP contribution is 2.20. The number of H-pyrrole nitrogens is 1. The van der Waals surface area contributed by atoms with Crippen molar-refractivity contribution in [2.24, 2.45) is 0 Å². The fraction of sp³-hybridized carbons (Fsp3) is 0.125. The zero-order valence-electron chi connectivity index (χ0n) is 13.3. The van der Waals surface area contributed by atoms with Crippen molar-refractivity contribution in [2.45, 2.75) is 10.1 Å². The van der Waals surface area contributed by atoms with Crippen molar-refractivity contribution in [1.29, 1.82) is 0 Å². The molecule has 0 atom stereocenters. The highest BCUT2D eigenvalue weighted by molar-refractivity contribution is 7.99. The van der Waals surface area contributed by atoms with Crippen molar-refractivity contribution < 1.29 is 13.2 Å². The second-order valence-electron chi connectivity index (χ2n) is 5.13. The highest BCUT2D eigenvalue weighted by atomic mass is 32.2. The van der Waals surface area contributed by atoms with Crippen LogP contribution in [0.15, 0.2) is 58.6 Å². The number of nitrogens with zero attached hydrogens (tertiary/aromatic N) is 1. The van der Waals surface area contributed by atoms with Crippen LogP contribution in [0.2, 0.25) is 0 Å². The summed E-state index contributed by atoms with van der Waals surface area (Å²) in [6.45, 7) is 0. The van der Waals surface area contributed by atoms with Gasteiger partial charge in [0.05, 0.1) is 21.7 Å². The van der Waals surface area contributed by atoms with Crippen LogP contribution in [0, 0.1) is 0 Å². The Balaban J connectivity index is 1.59. The number of aromatic nitrogens is 2. The maximum atomic E-state index is 12.0. The average molecular weight is 376 g/mol. The monoisotopic (exact) mass is 376 g/mol. The summed E-state index contributed by atoms with van der Waals surface area (Å²) in [5.41, 5.74) is 2.31. The Kier molecular flexibility index (Phi) is 5.07. The average Bonchev–Trinajstić information content (AvgIpc) is 3.03. The Morgan fingerprint density at radius 3 is 2.56 bits per heavy atom. The molecule has 2 aromatic carbocycles. The molecule has 1 heterocycles. The smallest absolute Gasteiger partial charge is 0.240 e. The van der Waals surface area contributed by atoms with Crippen LogP contribution in [0.5, 0.6) is 0 Å². The molecule has 0 spiro atoms. The standard InChI is InChI=1S/C16H16N4O3S2/c1-17-25(22,23)12-8-6-11(7-9-12)18-15(21)10-24-16-19-13-4-2-3-5-14(13)20-16/h2-9,17H,10H2,1H3,(H,18,21)(H,19,20). The highest BCUT2D eigenvalue weighted by Gasteiger charge is 2.11. The lowest BCUT2D eigenvalue weighted by Crippen LogP contribution is -2.18. The lowest BCUT2D eigenvalue weighted by atomic mass is 10.3. The molecule has 1 aromatic heterocycles. The maximum absolute atomic E-state index is 12.0. The molecule has 3 aromatic rings. The van der Waals surface area contributed by atoms with Crippen LogP contribution in [0.3, 0.4) is 0 Å². The molecule has 1 amide bonds. The summed E-state index contributed by atoms with van der Waals surface area (Å²) in [7, 11) is -2.13. The molecular weight excluding hydrogens is 360 g/mol. The van der Waals surface area contributed by atoms with Gasteiger partial charge in [-0.3, -0.25) is 4.79 Å². The summed E-state index contributed by atoms with van der Waals surface area (Å²) in [5.74, 6) is -0.00851. The van der Waals surface area contributed by atoms with Crippen molar-refractivity contribution >= 4 is 44.4 Å². The number of aromatic amines is 1. The topological polar surface area (TPSA) is 104 Å². The van der Waals surface area contributed by atoms with Gasteiger partial charge in [0.2, 0.25) is 15.9 Å². The van der Waals surface area contributed by atoms with Crippen LogP contribution >= 0.6 is 11.8 Å². The number of rotatable bonds is 6. The number of sulfonamides is 1. The normalized spacial score (nSPS) is 11.6. The van der Waals surface area contributed by atoms with Gasteiger partial charge in [-0.05, 0) is 43.4 Å². The molecule has 9 heteroatoms. The van der Waals surface area contributed by atoms with Crippen LogP contribution in [0.4, 0.5) is 5.69 Å². The van der Waals surface area contributed by atoms with E-state index in [9.17, 15) is 13.2 Å². The Hall–Kier alpha value is -2.36. The molecule has 130 valence electrons. The minimum absolute atomic E-state index is 0.143. The Bertz CT molecular complexity index is 965. The summed E-state index contributed by atoms with van der Waals surface area (Å²) < 4.78 is 25.5. The van der Waals surface area contributed by atoms with Gasteiger partial charge in [0.25, 0.3) is 0 Å². The fourth-order valence-corrected chi connectivity index (χ4v) is 3.58. The zero-order chi connectivity index (χ0) is 17.9. The van der Waals surface area contributed by atoms with Gasteiger partial charge in [-0.1, -0.05) is 23.9 Å². The molecule has 25 heavy (non-hydrogen) atoms. The number of nitrogens with one attached hydrogen (secondary N) is 3. The predicted octanol–water partition coefficient (Wildman–Crippen LogP) is 2.20. The molecule has 0 saturated carbocycles. The SMILES string of the molecule is CNS(=O)(=O)c1ccc(NC(=O)CSc2nc3ccccc3[nH]2)cc1. The quantitative estimate of drug-likeness (QED) is 0.572. The number of carbonyl (C=O) groups excluding carboxylic acids is 1. The molecule has 0 saturated heterocycles. The van der Waals surface area contributed by atoms with E-state index in [0.717, 1.165) is 11.0 Å². The number of anilines is 1. The first-order valence-corrected chi connectivity index (χ1v) is 9.86. The number of carbonyl (C=O) groups is 1. The summed E-state index contributed by atoms with van der Waals surface area (Å²) in [4.78, 5) is 19.7. The van der Waals surface area contributed by atoms with Crippen LogP contribution < -0.4 is 10.0 Å². The van der Waals surface area contributed by atoms with E-state index in [0.29, 0.717) is 10.8 Å². The third-order valence-corrected chi connectivity index (χ3v) is 5.73. The lowest BCUT2D eigenvalue weighted by Gasteiger charge is -2.06. The van der Waals surface area contributed by atoms with Crippen molar-refractivity contribution in [3.8, 4) is 0 Å². The van der Waals surface area contributed by atoms with E-state index in [4.69, 9.17) is 0 Å². The van der Waals surface area contributed by atoms with Gasteiger partial charge >= 0.3 is 0 Å². The van der Waals surface area contributed by atoms with Gasteiger partial charge in [-0.15, -0.1) is 0 Å². The van der Waals surface area contributed by atoms with E-state index < -0.39 is 10.0 Å². The van der Waals surface area contributed by atoms with Crippen LogP contribution in [-0.2, 0) is 14.8 Å². The van der Waals surface area contributed by atoms with Gasteiger partial charge in [-0.2, -0.15) is 0 Å². The minimum atomic E-state index is -3.48. The first kappa shape index (κ1) is 17.5. The molecule has 3 N–H and O–H groups in total. The van der Waals surface area contributed by atoms with E-state index >= 15 is 0 Å². The lowest BCUT2D eigenvalue weighted by molar-refractivity contribution is -0.113. The number of fused-ring (bicyclic) bond motifs is 1. The van der Waals surface area contributed by atoms with Gasteiger partial charge < -0.3 is 10.3 Å². The molecule has 0 unspecified atom stereocenters. The molecule has 0 aliphatic heterocycles. The van der Waals surface area contributed by atoms with Crippen molar-refractivity contribution in [3.63, 3.8) is 0 Å². The van der Waals surface area contributed by atoms with Crippen LogP contribution in [0.1, 0.15) is 0 Å². The fourth-order valence-electron chi connectivity index (χ4n) is 2.16. The van der Waals surface area contributed by atoms with E-state index in [-0.39, 0.29) is 16.6 Å². The molecular formula is C16H16N4O3S2. The number of hydrogen-bond donors (Lipinski definition) is 3. The summed E-state index contributed by atoms with van der Waals surface area (Å²) >= 11 is 1.30. The largest absolute Gasteiger partial charge is 0.333 e. The third kappa shape index (κ3) is 4.19. The second kappa shape index (κ2) is 7.26. The second-order valence-corrected chi connectivity index (χ2v) is 7.98. The first-order valence-electron chi connectivity index (χ1n) is 7.39. The number of amides is 1. The molecule has 0 fully saturated rings. The first-order chi connectivity index (χ1) is 12.0. The Morgan fingerprint density at radius 1 is 1.16 bits per heavy atom. The maximum Gasteiger partial charge on any atom is 0.240 e. The number of hydrogen-bond acceptors (Lipinski definition) is 5. The number of benzene rings is 2. The molecule has 0 bridgehead atoms. The number of imidazole rings is 1. The minimum Gasteiger partial charge on any atom is -0.333 e. The van der Waals surface area contributed by atoms with E-state index in [2.05, 4.69) is 20.0 Å². The van der Waals surface area contributed by atoms with E-state index in [1.54, 1.807) is 12.1 Å². The summed E-state index contributed by atoms with van der Waals surface area (Å²) in [6, 6.07) is 13.6. The third-order valence-electron chi connectivity index (χ3n) is 3.42. The molecule has 0 aliphatic rings. The summed E-state index contributed by atoms with van der Waals surface area (Å²) in [6.07, 6.45) is 0. The predicted molar refractivity (Wildman–Crippen MR) is 98.1 cm³/mol. The van der Waals surface area contributed by atoms with Gasteiger partial charge in [-0.25, -0.2) is 18.1 Å². The van der Waals surface area contributed by atoms with Crippen LogP contribution in [-0.4, -0.2) is 37.1 Å². The van der Waals surface area contributed by atoms with Crippen molar-refractivity contribution in [3.05, 3.63) is 48.5 Å².